The van der Waals surface area contributed by atoms with E-state index < -0.39 is 0 Å². The summed E-state index contributed by atoms with van der Waals surface area (Å²) in [6, 6.07) is 14.5. The third-order valence-electron chi connectivity index (χ3n) is 5.20. The van der Waals surface area contributed by atoms with Crippen LogP contribution in [0, 0.1) is 11.7 Å². The van der Waals surface area contributed by atoms with Crippen LogP contribution in [0.15, 0.2) is 59.1 Å². The molecule has 0 bridgehead atoms. The fraction of sp³-hybridized carbons (Fsp3) is 0.318. The van der Waals surface area contributed by atoms with E-state index in [4.69, 9.17) is 16.0 Å². The van der Waals surface area contributed by atoms with Crippen LogP contribution in [0.2, 0.25) is 5.02 Å². The van der Waals surface area contributed by atoms with Crippen LogP contribution in [-0.2, 0) is 13.0 Å². The molecule has 0 spiro atoms. The van der Waals surface area contributed by atoms with Gasteiger partial charge in [0.2, 0.25) is 5.89 Å². The average molecular weight is 385 g/mol. The van der Waals surface area contributed by atoms with Gasteiger partial charge in [-0.25, -0.2) is 9.37 Å². The number of halogens is 2. The van der Waals surface area contributed by atoms with E-state index in [1.807, 2.05) is 36.4 Å². The molecule has 0 atom stereocenters. The SMILES string of the molecule is Fc1ccc(CC2CCN(Cc3ncc(-c4ccccc4Cl)o3)CC2)cc1. The van der Waals surface area contributed by atoms with Crippen molar-refractivity contribution in [2.45, 2.75) is 25.8 Å². The van der Waals surface area contributed by atoms with Gasteiger partial charge in [0.1, 0.15) is 5.82 Å². The predicted octanol–water partition coefficient (Wildman–Crippen LogP) is 5.59. The maximum Gasteiger partial charge on any atom is 0.209 e. The lowest BCUT2D eigenvalue weighted by molar-refractivity contribution is 0.164. The predicted molar refractivity (Wildman–Crippen MR) is 105 cm³/mol. The molecular formula is C22H22ClFN2O. The lowest BCUT2D eigenvalue weighted by Gasteiger charge is -2.31. The molecule has 1 aliphatic rings. The minimum Gasteiger partial charge on any atom is -0.439 e. The van der Waals surface area contributed by atoms with Crippen LogP contribution in [0.3, 0.4) is 0 Å². The molecule has 0 unspecified atom stereocenters. The summed E-state index contributed by atoms with van der Waals surface area (Å²) in [5, 5.41) is 0.668. The van der Waals surface area contributed by atoms with Crippen molar-refractivity contribution in [3.8, 4) is 11.3 Å². The Balaban J connectivity index is 1.31. The molecule has 3 aromatic rings. The molecule has 1 fully saturated rings. The maximum absolute atomic E-state index is 13.0. The summed E-state index contributed by atoms with van der Waals surface area (Å²) < 4.78 is 18.9. The molecule has 0 saturated carbocycles. The number of hydrogen-bond donors (Lipinski definition) is 0. The number of oxazole rings is 1. The molecule has 2 heterocycles. The molecule has 1 saturated heterocycles. The molecule has 0 amide bonds. The summed E-state index contributed by atoms with van der Waals surface area (Å²) >= 11 is 6.23. The van der Waals surface area contributed by atoms with E-state index in [2.05, 4.69) is 9.88 Å². The molecule has 2 aromatic carbocycles. The number of hydrogen-bond acceptors (Lipinski definition) is 3. The second-order valence-electron chi connectivity index (χ2n) is 7.15. The van der Waals surface area contributed by atoms with Gasteiger partial charge in [-0.15, -0.1) is 0 Å². The summed E-state index contributed by atoms with van der Waals surface area (Å²) in [5.41, 5.74) is 2.09. The van der Waals surface area contributed by atoms with E-state index in [0.29, 0.717) is 23.2 Å². The zero-order valence-corrected chi connectivity index (χ0v) is 15.8. The van der Waals surface area contributed by atoms with Crippen LogP contribution in [0.25, 0.3) is 11.3 Å². The second kappa shape index (κ2) is 8.24. The molecule has 1 aromatic heterocycles. The van der Waals surface area contributed by atoms with Gasteiger partial charge >= 0.3 is 0 Å². The monoisotopic (exact) mass is 384 g/mol. The topological polar surface area (TPSA) is 29.3 Å². The van der Waals surface area contributed by atoms with Gasteiger partial charge in [0.25, 0.3) is 0 Å². The third-order valence-corrected chi connectivity index (χ3v) is 5.53. The van der Waals surface area contributed by atoms with E-state index in [1.54, 1.807) is 18.3 Å². The van der Waals surface area contributed by atoms with Crippen molar-refractivity contribution in [2.75, 3.05) is 13.1 Å². The van der Waals surface area contributed by atoms with Gasteiger partial charge < -0.3 is 4.42 Å². The Morgan fingerprint density at radius 1 is 1.07 bits per heavy atom. The molecule has 0 radical (unpaired) electrons. The number of rotatable bonds is 5. The number of likely N-dealkylation sites (tertiary alicyclic amines) is 1. The minimum atomic E-state index is -0.171. The zero-order valence-electron chi connectivity index (χ0n) is 15.1. The Hall–Kier alpha value is -2.17. The highest BCUT2D eigenvalue weighted by atomic mass is 35.5. The van der Waals surface area contributed by atoms with E-state index in [9.17, 15) is 4.39 Å². The molecule has 4 rings (SSSR count). The van der Waals surface area contributed by atoms with Crippen LogP contribution in [0.1, 0.15) is 24.3 Å². The van der Waals surface area contributed by atoms with Crippen LogP contribution >= 0.6 is 11.6 Å². The van der Waals surface area contributed by atoms with Crippen molar-refractivity contribution in [2.24, 2.45) is 5.92 Å². The summed E-state index contributed by atoms with van der Waals surface area (Å²) in [6.07, 6.45) is 5.03. The van der Waals surface area contributed by atoms with Gasteiger partial charge in [0.05, 0.1) is 17.8 Å². The number of nitrogens with zero attached hydrogens (tertiary/aromatic N) is 2. The summed E-state index contributed by atoms with van der Waals surface area (Å²) in [5.74, 6) is 1.91. The normalized spacial score (nSPS) is 15.9. The van der Waals surface area contributed by atoms with Gasteiger partial charge in [-0.05, 0) is 68.1 Å². The zero-order chi connectivity index (χ0) is 18.6. The molecule has 0 aliphatic carbocycles. The molecule has 1 aliphatic heterocycles. The summed E-state index contributed by atoms with van der Waals surface area (Å²) in [4.78, 5) is 6.80. The Bertz CT molecular complexity index is 885. The Morgan fingerprint density at radius 2 is 1.81 bits per heavy atom. The fourth-order valence-electron chi connectivity index (χ4n) is 3.66. The van der Waals surface area contributed by atoms with Gasteiger partial charge in [0.15, 0.2) is 5.76 Å². The molecule has 0 N–H and O–H groups in total. The first kappa shape index (κ1) is 18.2. The van der Waals surface area contributed by atoms with E-state index in [0.717, 1.165) is 43.8 Å². The van der Waals surface area contributed by atoms with E-state index >= 15 is 0 Å². The fourth-order valence-corrected chi connectivity index (χ4v) is 3.89. The largest absolute Gasteiger partial charge is 0.439 e. The molecule has 5 heteroatoms. The van der Waals surface area contributed by atoms with E-state index in [1.165, 1.54) is 5.56 Å². The standard InChI is InChI=1S/C22H22ClFN2O/c23-20-4-2-1-3-19(20)21-14-25-22(27-21)15-26-11-9-17(10-12-26)13-16-5-7-18(24)8-6-16/h1-8,14,17H,9-13,15H2. The van der Waals surface area contributed by atoms with Gasteiger partial charge in [-0.3, -0.25) is 4.90 Å². The second-order valence-corrected chi connectivity index (χ2v) is 7.56. The number of aromatic nitrogens is 1. The van der Waals surface area contributed by atoms with Crippen molar-refractivity contribution < 1.29 is 8.81 Å². The highest BCUT2D eigenvalue weighted by Gasteiger charge is 2.21. The molecule has 3 nitrogen and oxygen atoms in total. The van der Waals surface area contributed by atoms with Gasteiger partial charge in [-0.1, -0.05) is 35.9 Å². The van der Waals surface area contributed by atoms with Crippen LogP contribution < -0.4 is 0 Å². The van der Waals surface area contributed by atoms with Crippen molar-refractivity contribution in [1.29, 1.82) is 0 Å². The first-order valence-electron chi connectivity index (χ1n) is 9.34. The quantitative estimate of drug-likeness (QED) is 0.574. The van der Waals surface area contributed by atoms with Crippen LogP contribution in [0.4, 0.5) is 4.39 Å². The lowest BCUT2D eigenvalue weighted by atomic mass is 9.90. The van der Waals surface area contributed by atoms with E-state index in [-0.39, 0.29) is 5.82 Å². The first-order chi connectivity index (χ1) is 13.2. The van der Waals surface area contributed by atoms with Crippen molar-refractivity contribution >= 4 is 11.6 Å². The van der Waals surface area contributed by atoms with Crippen molar-refractivity contribution in [3.63, 3.8) is 0 Å². The number of benzene rings is 2. The van der Waals surface area contributed by atoms with Crippen LogP contribution in [0.5, 0.6) is 0 Å². The Kier molecular flexibility index (Phi) is 5.55. The van der Waals surface area contributed by atoms with Gasteiger partial charge in [-0.2, -0.15) is 0 Å². The molecule has 27 heavy (non-hydrogen) atoms. The average Bonchev–Trinajstić information content (AvgIpc) is 3.14. The highest BCUT2D eigenvalue weighted by molar-refractivity contribution is 6.33. The Labute approximate surface area is 163 Å². The first-order valence-corrected chi connectivity index (χ1v) is 9.71. The summed E-state index contributed by atoms with van der Waals surface area (Å²) in [7, 11) is 0. The smallest absolute Gasteiger partial charge is 0.209 e. The lowest BCUT2D eigenvalue weighted by Crippen LogP contribution is -2.33. The molecular weight excluding hydrogens is 363 g/mol. The van der Waals surface area contributed by atoms with Crippen molar-refractivity contribution in [3.05, 3.63) is 77.0 Å². The van der Waals surface area contributed by atoms with Crippen LogP contribution in [-0.4, -0.2) is 23.0 Å². The highest BCUT2D eigenvalue weighted by Crippen LogP contribution is 2.29. The number of piperidine rings is 1. The Morgan fingerprint density at radius 3 is 2.56 bits per heavy atom. The minimum absolute atomic E-state index is 0.171. The maximum atomic E-state index is 13.0. The molecule has 140 valence electrons. The summed E-state index contributed by atoms with van der Waals surface area (Å²) in [6.45, 7) is 2.76. The third kappa shape index (κ3) is 4.57. The van der Waals surface area contributed by atoms with Gasteiger partial charge in [0, 0.05) is 5.56 Å². The van der Waals surface area contributed by atoms with Crippen molar-refractivity contribution in [1.82, 2.24) is 9.88 Å².